The minimum Gasteiger partial charge on any atom is -0.401 e. The molecule has 4 rings (SSSR count). The summed E-state index contributed by atoms with van der Waals surface area (Å²) in [4.78, 5) is 6.69. The number of aromatic nitrogens is 1. The number of hydrogen-bond donors (Lipinski definition) is 2. The number of nitrogens with two attached hydrogens (primary N) is 1. The number of benzene rings is 1. The van der Waals surface area contributed by atoms with Crippen molar-refractivity contribution in [2.75, 3.05) is 49.6 Å². The van der Waals surface area contributed by atoms with Crippen molar-refractivity contribution in [1.82, 2.24) is 9.29 Å². The Labute approximate surface area is 190 Å². The summed E-state index contributed by atoms with van der Waals surface area (Å²) in [6.07, 6.45) is 2.52. The van der Waals surface area contributed by atoms with E-state index in [1.54, 1.807) is 4.31 Å². The molecule has 8 nitrogen and oxygen atoms in total. The number of nitrogens with one attached hydrogen (secondary N) is 1. The first-order chi connectivity index (χ1) is 15.4. The fourth-order valence-electron chi connectivity index (χ4n) is 4.33. The zero-order valence-corrected chi connectivity index (χ0v) is 19.1. The molecule has 9 heteroatoms. The molecule has 2 fully saturated rings. The third-order valence-corrected chi connectivity index (χ3v) is 9.07. The molecule has 0 unspecified atom stereocenters. The van der Waals surface area contributed by atoms with Crippen LogP contribution in [0.5, 0.6) is 0 Å². The molecule has 0 bridgehead atoms. The van der Waals surface area contributed by atoms with Crippen molar-refractivity contribution in [2.45, 2.75) is 24.1 Å². The smallest absolute Gasteiger partial charge is 0.225 e. The first kappa shape index (κ1) is 22.6. The van der Waals surface area contributed by atoms with Crippen LogP contribution in [-0.4, -0.2) is 61.8 Å². The molecule has 3 N–H and O–H groups in total. The van der Waals surface area contributed by atoms with Crippen LogP contribution in [0.3, 0.4) is 0 Å². The zero-order valence-electron chi connectivity index (χ0n) is 18.2. The topological polar surface area (TPSA) is 101 Å². The van der Waals surface area contributed by atoms with Crippen LogP contribution in [0.4, 0.5) is 11.5 Å². The van der Waals surface area contributed by atoms with Gasteiger partial charge >= 0.3 is 0 Å². The lowest BCUT2D eigenvalue weighted by atomic mass is 9.96. The lowest BCUT2D eigenvalue weighted by molar-refractivity contribution is 0.0806. The highest BCUT2D eigenvalue weighted by atomic mass is 32.2. The summed E-state index contributed by atoms with van der Waals surface area (Å²) in [5.74, 6) is 0.844. The molecule has 2 aromatic rings. The largest absolute Gasteiger partial charge is 0.401 e. The molecule has 1 aromatic heterocycles. The zero-order chi connectivity index (χ0) is 22.6. The van der Waals surface area contributed by atoms with Gasteiger partial charge in [-0.25, -0.2) is 13.4 Å². The standard InChI is InChI=1S/C23H31N5O3S/c1-19(24)23(9-15-31-16-10-23)32(29,30)28-13-11-27(12-14-28)22-8-7-21(18-26-22)25-17-20-5-3-2-4-6-20/h2-8,18,25H,1,9-17,24H2. The molecule has 2 saturated heterocycles. The molecule has 0 radical (unpaired) electrons. The summed E-state index contributed by atoms with van der Waals surface area (Å²) in [5.41, 5.74) is 8.37. The Morgan fingerprint density at radius 1 is 1.09 bits per heavy atom. The highest BCUT2D eigenvalue weighted by Gasteiger charge is 2.50. The van der Waals surface area contributed by atoms with Gasteiger partial charge in [0, 0.05) is 51.6 Å². The monoisotopic (exact) mass is 457 g/mol. The van der Waals surface area contributed by atoms with Gasteiger partial charge in [-0.15, -0.1) is 0 Å². The second kappa shape index (κ2) is 9.48. The molecule has 0 saturated carbocycles. The summed E-state index contributed by atoms with van der Waals surface area (Å²) >= 11 is 0. The lowest BCUT2D eigenvalue weighted by Gasteiger charge is -2.43. The first-order valence-electron chi connectivity index (χ1n) is 10.9. The Kier molecular flexibility index (Phi) is 6.68. The van der Waals surface area contributed by atoms with Gasteiger partial charge in [0.25, 0.3) is 0 Å². The van der Waals surface area contributed by atoms with Crippen LogP contribution in [0.15, 0.2) is 60.9 Å². The summed E-state index contributed by atoms with van der Waals surface area (Å²) in [5, 5.41) is 3.37. The Bertz CT molecular complexity index is 1010. The van der Waals surface area contributed by atoms with Gasteiger partial charge < -0.3 is 20.7 Å². The third kappa shape index (κ3) is 4.46. The summed E-state index contributed by atoms with van der Waals surface area (Å²) in [7, 11) is -3.62. The number of hydrogen-bond acceptors (Lipinski definition) is 7. The molecular formula is C23H31N5O3S. The molecule has 32 heavy (non-hydrogen) atoms. The lowest BCUT2D eigenvalue weighted by Crippen LogP contribution is -2.58. The van der Waals surface area contributed by atoms with Crippen molar-refractivity contribution in [3.63, 3.8) is 0 Å². The number of rotatable bonds is 7. The molecule has 1 aromatic carbocycles. The summed E-state index contributed by atoms with van der Waals surface area (Å²) in [6.45, 7) is 7.24. The number of pyridine rings is 1. The maximum atomic E-state index is 13.5. The van der Waals surface area contributed by atoms with Crippen LogP contribution in [0.25, 0.3) is 0 Å². The third-order valence-electron chi connectivity index (χ3n) is 6.37. The van der Waals surface area contributed by atoms with Gasteiger partial charge in [-0.05, 0) is 30.5 Å². The highest BCUT2D eigenvalue weighted by Crippen LogP contribution is 2.36. The molecule has 2 aliphatic heterocycles. The van der Waals surface area contributed by atoms with Crippen LogP contribution in [0, 0.1) is 0 Å². The molecule has 0 atom stereocenters. The predicted octanol–water partition coefficient (Wildman–Crippen LogP) is 2.17. The number of anilines is 2. The maximum absolute atomic E-state index is 13.5. The van der Waals surface area contributed by atoms with Gasteiger partial charge in [-0.2, -0.15) is 4.31 Å². The second-order valence-corrected chi connectivity index (χ2v) is 10.5. The van der Waals surface area contributed by atoms with E-state index in [4.69, 9.17) is 10.5 Å². The molecular weight excluding hydrogens is 426 g/mol. The number of sulfonamides is 1. The van der Waals surface area contributed by atoms with Gasteiger partial charge in [0.2, 0.25) is 10.0 Å². The number of nitrogens with zero attached hydrogens (tertiary/aromatic N) is 3. The fourth-order valence-corrected chi connectivity index (χ4v) is 6.48. The van der Waals surface area contributed by atoms with E-state index >= 15 is 0 Å². The van der Waals surface area contributed by atoms with Crippen LogP contribution in [0.2, 0.25) is 0 Å². The van der Waals surface area contributed by atoms with E-state index in [0.29, 0.717) is 52.2 Å². The molecule has 0 aliphatic carbocycles. The molecule has 172 valence electrons. The average molecular weight is 458 g/mol. The Morgan fingerprint density at radius 2 is 1.78 bits per heavy atom. The van der Waals surface area contributed by atoms with Crippen molar-refractivity contribution in [3.05, 3.63) is 66.5 Å². The molecule has 3 heterocycles. The van der Waals surface area contributed by atoms with E-state index < -0.39 is 14.8 Å². The van der Waals surface area contributed by atoms with Gasteiger partial charge in [-0.3, -0.25) is 0 Å². The average Bonchev–Trinajstić information content (AvgIpc) is 2.84. The van der Waals surface area contributed by atoms with Crippen LogP contribution in [0.1, 0.15) is 18.4 Å². The maximum Gasteiger partial charge on any atom is 0.225 e. The number of ether oxygens (including phenoxy) is 1. The van der Waals surface area contributed by atoms with Crippen LogP contribution >= 0.6 is 0 Å². The van der Waals surface area contributed by atoms with Crippen LogP contribution < -0.4 is 16.0 Å². The van der Waals surface area contributed by atoms with Crippen molar-refractivity contribution in [3.8, 4) is 0 Å². The molecule has 2 aliphatic rings. The minimum atomic E-state index is -3.62. The summed E-state index contributed by atoms with van der Waals surface area (Å²) in [6, 6.07) is 14.2. The quantitative estimate of drug-likeness (QED) is 0.657. The molecule has 0 spiro atoms. The van der Waals surface area contributed by atoms with E-state index in [1.807, 2.05) is 36.5 Å². The SMILES string of the molecule is C=C(N)C1(S(=O)(=O)N2CCN(c3ccc(NCc4ccccc4)cn3)CC2)CCOCC1. The first-order valence-corrected chi connectivity index (χ1v) is 12.4. The van der Waals surface area contributed by atoms with Crippen molar-refractivity contribution >= 4 is 21.5 Å². The fraction of sp³-hybridized carbons (Fsp3) is 0.435. The van der Waals surface area contributed by atoms with E-state index in [0.717, 1.165) is 18.1 Å². The molecule has 0 amide bonds. The van der Waals surface area contributed by atoms with E-state index in [2.05, 4.69) is 33.9 Å². The Balaban J connectivity index is 1.36. The van der Waals surface area contributed by atoms with E-state index in [1.165, 1.54) is 5.56 Å². The van der Waals surface area contributed by atoms with Gasteiger partial charge in [0.15, 0.2) is 0 Å². The second-order valence-electron chi connectivity index (χ2n) is 8.27. The van der Waals surface area contributed by atoms with Crippen molar-refractivity contribution in [2.24, 2.45) is 5.73 Å². The minimum absolute atomic E-state index is 0.212. The van der Waals surface area contributed by atoms with Crippen molar-refractivity contribution in [1.29, 1.82) is 0 Å². The van der Waals surface area contributed by atoms with E-state index in [9.17, 15) is 8.42 Å². The van der Waals surface area contributed by atoms with Gasteiger partial charge in [-0.1, -0.05) is 36.9 Å². The Morgan fingerprint density at radius 3 is 2.38 bits per heavy atom. The van der Waals surface area contributed by atoms with Crippen molar-refractivity contribution < 1.29 is 13.2 Å². The van der Waals surface area contributed by atoms with E-state index in [-0.39, 0.29) is 5.70 Å². The van der Waals surface area contributed by atoms with Gasteiger partial charge in [0.1, 0.15) is 10.6 Å². The van der Waals surface area contributed by atoms with Gasteiger partial charge in [0.05, 0.1) is 11.9 Å². The summed E-state index contributed by atoms with van der Waals surface area (Å²) < 4.78 is 32.7. The number of piperazine rings is 1. The predicted molar refractivity (Wildman–Crippen MR) is 127 cm³/mol. The highest BCUT2D eigenvalue weighted by molar-refractivity contribution is 7.90. The Hall–Kier alpha value is -2.62. The normalized spacial score (nSPS) is 19.4. The van der Waals surface area contributed by atoms with Crippen LogP contribution in [-0.2, 0) is 21.3 Å².